The van der Waals surface area contributed by atoms with Gasteiger partial charge in [0.2, 0.25) is 10.0 Å². The Labute approximate surface area is 120 Å². The standard InChI is InChI=1S/C14H22N2O3S/c1-14(2)8-5-9-16(14)20(17,18)11-10-19-13-7-4-3-6-12(13)15/h3-4,6-7H,5,8-11,15H2,1-2H3. The summed E-state index contributed by atoms with van der Waals surface area (Å²) in [5.74, 6) is 0.508. The van der Waals surface area contributed by atoms with Crippen molar-refractivity contribution in [3.8, 4) is 5.75 Å². The number of nitrogens with two attached hydrogens (primary N) is 1. The lowest BCUT2D eigenvalue weighted by atomic mass is 10.0. The summed E-state index contributed by atoms with van der Waals surface area (Å²) >= 11 is 0. The number of sulfonamides is 1. The largest absolute Gasteiger partial charge is 0.490 e. The molecule has 1 saturated heterocycles. The zero-order valence-electron chi connectivity index (χ0n) is 12.0. The molecule has 2 N–H and O–H groups in total. The number of para-hydroxylation sites is 2. The first kappa shape index (κ1) is 15.1. The van der Waals surface area contributed by atoms with Crippen LogP contribution in [-0.4, -0.2) is 37.2 Å². The topological polar surface area (TPSA) is 72.6 Å². The molecule has 2 rings (SSSR count). The summed E-state index contributed by atoms with van der Waals surface area (Å²) in [6.45, 7) is 4.65. The van der Waals surface area contributed by atoms with Gasteiger partial charge in [-0.25, -0.2) is 8.42 Å². The van der Waals surface area contributed by atoms with E-state index in [9.17, 15) is 8.42 Å². The number of nitrogens with zero attached hydrogens (tertiary/aromatic N) is 1. The number of rotatable bonds is 5. The third-order valence-electron chi connectivity index (χ3n) is 3.68. The Morgan fingerprint density at radius 2 is 2.05 bits per heavy atom. The van der Waals surface area contributed by atoms with Gasteiger partial charge in [0.15, 0.2) is 0 Å². The quantitative estimate of drug-likeness (QED) is 0.842. The number of ether oxygens (including phenoxy) is 1. The van der Waals surface area contributed by atoms with Gasteiger partial charge in [0.25, 0.3) is 0 Å². The second kappa shape index (κ2) is 5.61. The van der Waals surface area contributed by atoms with E-state index in [0.29, 0.717) is 18.0 Å². The van der Waals surface area contributed by atoms with Crippen molar-refractivity contribution in [1.82, 2.24) is 4.31 Å². The molecular weight excluding hydrogens is 276 g/mol. The number of benzene rings is 1. The Balaban J connectivity index is 1.95. The molecule has 1 heterocycles. The Kier molecular flexibility index (Phi) is 4.25. The SMILES string of the molecule is CC1(C)CCCN1S(=O)(=O)CCOc1ccccc1N. The zero-order chi connectivity index (χ0) is 14.8. The molecule has 0 aliphatic carbocycles. The molecule has 1 fully saturated rings. The first-order chi connectivity index (χ1) is 9.33. The molecule has 0 spiro atoms. The highest BCUT2D eigenvalue weighted by Crippen LogP contribution is 2.31. The highest BCUT2D eigenvalue weighted by molar-refractivity contribution is 7.89. The molecule has 1 aromatic rings. The van der Waals surface area contributed by atoms with Crippen molar-refractivity contribution in [1.29, 1.82) is 0 Å². The van der Waals surface area contributed by atoms with Crippen LogP contribution in [0.3, 0.4) is 0 Å². The maximum Gasteiger partial charge on any atom is 0.217 e. The summed E-state index contributed by atoms with van der Waals surface area (Å²) < 4.78 is 31.7. The van der Waals surface area contributed by atoms with Crippen molar-refractivity contribution in [2.45, 2.75) is 32.2 Å². The Hall–Kier alpha value is -1.27. The molecule has 20 heavy (non-hydrogen) atoms. The predicted octanol–water partition coefficient (Wildman–Crippen LogP) is 1.85. The van der Waals surface area contributed by atoms with Crippen LogP contribution in [0.5, 0.6) is 5.75 Å². The molecule has 0 bridgehead atoms. The fraction of sp³-hybridized carbons (Fsp3) is 0.571. The van der Waals surface area contributed by atoms with Crippen LogP contribution in [0.4, 0.5) is 5.69 Å². The summed E-state index contributed by atoms with van der Waals surface area (Å²) in [5.41, 5.74) is 5.98. The molecular formula is C14H22N2O3S. The summed E-state index contributed by atoms with van der Waals surface area (Å²) in [7, 11) is -3.28. The van der Waals surface area contributed by atoms with Gasteiger partial charge in [-0.2, -0.15) is 4.31 Å². The van der Waals surface area contributed by atoms with Gasteiger partial charge in [-0.1, -0.05) is 12.1 Å². The molecule has 6 heteroatoms. The normalized spacial score (nSPS) is 19.1. The molecule has 1 aliphatic heterocycles. The van der Waals surface area contributed by atoms with Gasteiger partial charge >= 0.3 is 0 Å². The van der Waals surface area contributed by atoms with E-state index in [1.165, 1.54) is 0 Å². The van der Waals surface area contributed by atoms with Crippen molar-refractivity contribution in [3.63, 3.8) is 0 Å². The average Bonchev–Trinajstić information content (AvgIpc) is 2.72. The monoisotopic (exact) mass is 298 g/mol. The molecule has 0 atom stereocenters. The molecule has 0 unspecified atom stereocenters. The first-order valence-electron chi connectivity index (χ1n) is 6.81. The lowest BCUT2D eigenvalue weighted by molar-refractivity contribution is 0.285. The number of anilines is 1. The van der Waals surface area contributed by atoms with Crippen molar-refractivity contribution < 1.29 is 13.2 Å². The Bertz CT molecular complexity index is 570. The zero-order valence-corrected chi connectivity index (χ0v) is 12.8. The number of hydrogen-bond donors (Lipinski definition) is 1. The molecule has 5 nitrogen and oxygen atoms in total. The highest BCUT2D eigenvalue weighted by Gasteiger charge is 2.39. The molecule has 0 radical (unpaired) electrons. The van der Waals surface area contributed by atoms with Crippen LogP contribution >= 0.6 is 0 Å². The van der Waals surface area contributed by atoms with E-state index < -0.39 is 10.0 Å². The third-order valence-corrected chi connectivity index (χ3v) is 5.71. The molecule has 1 aromatic carbocycles. The van der Waals surface area contributed by atoms with E-state index in [4.69, 9.17) is 10.5 Å². The fourth-order valence-electron chi connectivity index (χ4n) is 2.58. The third kappa shape index (κ3) is 3.24. The van der Waals surface area contributed by atoms with E-state index in [2.05, 4.69) is 0 Å². The fourth-order valence-corrected chi connectivity index (χ4v) is 4.34. The molecule has 0 aromatic heterocycles. The highest BCUT2D eigenvalue weighted by atomic mass is 32.2. The van der Waals surface area contributed by atoms with E-state index in [0.717, 1.165) is 12.8 Å². The van der Waals surface area contributed by atoms with E-state index in [1.54, 1.807) is 16.4 Å². The van der Waals surface area contributed by atoms with Crippen LogP contribution in [0.2, 0.25) is 0 Å². The predicted molar refractivity (Wildman–Crippen MR) is 80.2 cm³/mol. The minimum absolute atomic E-state index is 0.0231. The van der Waals surface area contributed by atoms with Crippen molar-refractivity contribution >= 4 is 15.7 Å². The van der Waals surface area contributed by atoms with Gasteiger partial charge in [-0.3, -0.25) is 0 Å². The minimum Gasteiger partial charge on any atom is -0.490 e. The summed E-state index contributed by atoms with van der Waals surface area (Å²) in [4.78, 5) is 0. The van der Waals surface area contributed by atoms with Gasteiger partial charge in [-0.05, 0) is 38.8 Å². The van der Waals surface area contributed by atoms with Crippen molar-refractivity contribution in [2.24, 2.45) is 0 Å². The van der Waals surface area contributed by atoms with Gasteiger partial charge in [0.1, 0.15) is 12.4 Å². The lowest BCUT2D eigenvalue weighted by Gasteiger charge is -2.30. The van der Waals surface area contributed by atoms with Crippen molar-refractivity contribution in [2.75, 3.05) is 24.6 Å². The van der Waals surface area contributed by atoms with Gasteiger partial charge in [0, 0.05) is 12.1 Å². The maximum atomic E-state index is 12.3. The van der Waals surface area contributed by atoms with Gasteiger partial charge in [-0.15, -0.1) is 0 Å². The smallest absolute Gasteiger partial charge is 0.217 e. The molecule has 0 saturated carbocycles. The Morgan fingerprint density at radius 3 is 2.65 bits per heavy atom. The maximum absolute atomic E-state index is 12.3. The van der Waals surface area contributed by atoms with Gasteiger partial charge in [0.05, 0.1) is 11.4 Å². The summed E-state index contributed by atoms with van der Waals surface area (Å²) in [5, 5.41) is 0. The second-order valence-electron chi connectivity index (χ2n) is 5.69. The van der Waals surface area contributed by atoms with Crippen LogP contribution in [0.25, 0.3) is 0 Å². The van der Waals surface area contributed by atoms with Gasteiger partial charge < -0.3 is 10.5 Å². The molecule has 0 amide bonds. The minimum atomic E-state index is -3.28. The van der Waals surface area contributed by atoms with Crippen LogP contribution in [0.15, 0.2) is 24.3 Å². The molecule has 1 aliphatic rings. The van der Waals surface area contributed by atoms with Crippen molar-refractivity contribution in [3.05, 3.63) is 24.3 Å². The number of nitrogen functional groups attached to an aromatic ring is 1. The van der Waals surface area contributed by atoms with E-state index in [1.807, 2.05) is 26.0 Å². The Morgan fingerprint density at radius 1 is 1.35 bits per heavy atom. The second-order valence-corrected chi connectivity index (χ2v) is 7.70. The molecule has 112 valence electrons. The summed E-state index contributed by atoms with van der Waals surface area (Å²) in [6.07, 6.45) is 1.82. The lowest BCUT2D eigenvalue weighted by Crippen LogP contribution is -2.44. The number of hydrogen-bond acceptors (Lipinski definition) is 4. The van der Waals surface area contributed by atoms with Crippen LogP contribution < -0.4 is 10.5 Å². The van der Waals surface area contributed by atoms with Crippen LogP contribution in [0, 0.1) is 0 Å². The summed E-state index contributed by atoms with van der Waals surface area (Å²) in [6, 6.07) is 7.09. The average molecular weight is 298 g/mol. The van der Waals surface area contributed by atoms with Crippen LogP contribution in [-0.2, 0) is 10.0 Å². The van der Waals surface area contributed by atoms with Crippen LogP contribution in [0.1, 0.15) is 26.7 Å². The van der Waals surface area contributed by atoms with E-state index >= 15 is 0 Å². The first-order valence-corrected chi connectivity index (χ1v) is 8.42. The van der Waals surface area contributed by atoms with E-state index in [-0.39, 0.29) is 17.9 Å².